The maximum atomic E-state index is 13.8. The van der Waals surface area contributed by atoms with Crippen molar-refractivity contribution in [3.8, 4) is 5.75 Å². The van der Waals surface area contributed by atoms with Gasteiger partial charge in [0, 0.05) is 26.2 Å². The molecule has 0 aliphatic carbocycles. The lowest BCUT2D eigenvalue weighted by Crippen LogP contribution is -2.45. The number of nitrogens with zero attached hydrogens (tertiary/aromatic N) is 1. The first kappa shape index (κ1) is 19.7. The maximum absolute atomic E-state index is 13.8. The Morgan fingerprint density at radius 1 is 1.30 bits per heavy atom. The Labute approximate surface area is 134 Å². The summed E-state index contributed by atoms with van der Waals surface area (Å²) in [4.78, 5) is 1.81. The highest BCUT2D eigenvalue weighted by Crippen LogP contribution is 2.36. The average molecular weight is 350 g/mol. The molecule has 1 heterocycles. The van der Waals surface area contributed by atoms with Gasteiger partial charge in [-0.25, -0.2) is 8.78 Å². The minimum Gasteiger partial charge on any atom is -0.506 e. The van der Waals surface area contributed by atoms with Crippen LogP contribution in [0.25, 0.3) is 0 Å². The van der Waals surface area contributed by atoms with E-state index in [1.165, 1.54) is 6.07 Å². The Bertz CT molecular complexity index is 431. The summed E-state index contributed by atoms with van der Waals surface area (Å²) in [6.45, 7) is 1.91. The van der Waals surface area contributed by atoms with Crippen LogP contribution in [0.4, 0.5) is 8.78 Å². The predicted molar refractivity (Wildman–Crippen MR) is 80.7 cm³/mol. The molecule has 1 atom stereocenters. The van der Waals surface area contributed by atoms with Gasteiger partial charge in [-0.1, -0.05) is 11.6 Å². The van der Waals surface area contributed by atoms with Crippen molar-refractivity contribution in [2.45, 2.75) is 6.04 Å². The molecule has 3 nitrogen and oxygen atoms in total. The van der Waals surface area contributed by atoms with Crippen molar-refractivity contribution >= 4 is 36.4 Å². The number of benzene rings is 1. The lowest BCUT2D eigenvalue weighted by molar-refractivity contribution is 0.142. The second kappa shape index (κ2) is 8.85. The van der Waals surface area contributed by atoms with E-state index in [-0.39, 0.29) is 41.1 Å². The van der Waals surface area contributed by atoms with Gasteiger partial charge in [-0.15, -0.1) is 24.8 Å². The molecule has 0 bridgehead atoms. The number of piperazine rings is 1. The fourth-order valence-electron chi connectivity index (χ4n) is 2.22. The van der Waals surface area contributed by atoms with Gasteiger partial charge in [-0.05, 0) is 12.1 Å². The van der Waals surface area contributed by atoms with Gasteiger partial charge in [0.15, 0.2) is 0 Å². The summed E-state index contributed by atoms with van der Waals surface area (Å²) in [7, 11) is 0. The van der Waals surface area contributed by atoms with Gasteiger partial charge in [0.1, 0.15) is 18.2 Å². The molecule has 1 aromatic carbocycles. The van der Waals surface area contributed by atoms with E-state index >= 15 is 0 Å². The molecule has 2 N–H and O–H groups in total. The molecule has 0 radical (unpaired) electrons. The number of hydrogen-bond donors (Lipinski definition) is 2. The molecule has 116 valence electrons. The highest BCUT2D eigenvalue weighted by Gasteiger charge is 2.28. The van der Waals surface area contributed by atoms with Crippen LogP contribution in [-0.2, 0) is 0 Å². The van der Waals surface area contributed by atoms with Gasteiger partial charge in [0.25, 0.3) is 0 Å². The summed E-state index contributed by atoms with van der Waals surface area (Å²) in [6, 6.07) is 1.64. The summed E-state index contributed by atoms with van der Waals surface area (Å²) in [5, 5.41) is 13.0. The molecule has 1 fully saturated rings. The van der Waals surface area contributed by atoms with Crippen molar-refractivity contribution in [3.63, 3.8) is 0 Å². The normalized spacial score (nSPS) is 16.9. The first-order valence-electron chi connectivity index (χ1n) is 5.82. The van der Waals surface area contributed by atoms with Crippen LogP contribution in [0.2, 0.25) is 5.02 Å². The van der Waals surface area contributed by atoms with Crippen LogP contribution in [0.15, 0.2) is 12.1 Å². The highest BCUT2D eigenvalue weighted by atomic mass is 35.5. The monoisotopic (exact) mass is 348 g/mol. The molecule has 1 saturated heterocycles. The zero-order valence-corrected chi connectivity index (χ0v) is 13.0. The Kier molecular flexibility index (Phi) is 8.70. The van der Waals surface area contributed by atoms with Crippen LogP contribution in [0.5, 0.6) is 5.75 Å². The zero-order valence-electron chi connectivity index (χ0n) is 10.6. The van der Waals surface area contributed by atoms with Crippen molar-refractivity contribution in [3.05, 3.63) is 28.5 Å². The molecule has 0 unspecified atom stereocenters. The van der Waals surface area contributed by atoms with E-state index in [0.717, 1.165) is 19.2 Å². The third-order valence-corrected chi connectivity index (χ3v) is 3.49. The molecule has 0 saturated carbocycles. The smallest absolute Gasteiger partial charge is 0.141 e. The van der Waals surface area contributed by atoms with Crippen molar-refractivity contribution in [1.82, 2.24) is 10.2 Å². The van der Waals surface area contributed by atoms with E-state index in [1.807, 2.05) is 4.90 Å². The lowest BCUT2D eigenvalue weighted by atomic mass is 10.0. The van der Waals surface area contributed by atoms with E-state index in [2.05, 4.69) is 5.32 Å². The molecular weight excluding hydrogens is 333 g/mol. The Morgan fingerprint density at radius 2 is 1.90 bits per heavy atom. The Morgan fingerprint density at radius 3 is 2.45 bits per heavy atom. The number of aromatic hydroxyl groups is 1. The number of halogens is 5. The molecule has 20 heavy (non-hydrogen) atoms. The summed E-state index contributed by atoms with van der Waals surface area (Å²) >= 11 is 5.76. The Hall–Kier alpha value is -0.330. The average Bonchev–Trinajstić information content (AvgIpc) is 2.40. The first-order valence-corrected chi connectivity index (χ1v) is 6.20. The molecule has 0 aromatic heterocycles. The zero-order chi connectivity index (χ0) is 13.1. The van der Waals surface area contributed by atoms with E-state index in [1.54, 1.807) is 0 Å². The van der Waals surface area contributed by atoms with Gasteiger partial charge < -0.3 is 10.4 Å². The van der Waals surface area contributed by atoms with Crippen molar-refractivity contribution in [2.75, 3.05) is 32.9 Å². The van der Waals surface area contributed by atoms with E-state index in [9.17, 15) is 13.9 Å². The third kappa shape index (κ3) is 4.09. The number of phenols is 1. The second-order valence-electron chi connectivity index (χ2n) is 4.25. The minimum atomic E-state index is -0.786. The van der Waals surface area contributed by atoms with Gasteiger partial charge in [-0.2, -0.15) is 0 Å². The van der Waals surface area contributed by atoms with Crippen molar-refractivity contribution in [2.24, 2.45) is 0 Å². The summed E-state index contributed by atoms with van der Waals surface area (Å²) in [6.07, 6.45) is 0. The molecule has 1 aliphatic rings. The Balaban J connectivity index is 0.00000180. The molecule has 0 amide bonds. The highest BCUT2D eigenvalue weighted by molar-refractivity contribution is 6.32. The number of rotatable bonds is 3. The SMILES string of the molecule is Cl.Cl.Oc1c(Cl)ccc(F)c1[C@H](CF)N1CCNCC1. The lowest BCUT2D eigenvalue weighted by Gasteiger charge is -2.34. The van der Waals surface area contributed by atoms with Crippen LogP contribution in [0.3, 0.4) is 0 Å². The van der Waals surface area contributed by atoms with Crippen LogP contribution >= 0.6 is 36.4 Å². The molecule has 2 rings (SSSR count). The van der Waals surface area contributed by atoms with E-state index < -0.39 is 18.5 Å². The predicted octanol–water partition coefficient (Wildman–Crippen LogP) is 2.94. The van der Waals surface area contributed by atoms with Gasteiger partial charge in [-0.3, -0.25) is 4.90 Å². The fourth-order valence-corrected chi connectivity index (χ4v) is 2.39. The number of hydrogen-bond acceptors (Lipinski definition) is 3. The van der Waals surface area contributed by atoms with Crippen molar-refractivity contribution < 1.29 is 13.9 Å². The number of nitrogens with one attached hydrogen (secondary N) is 1. The van der Waals surface area contributed by atoms with Gasteiger partial charge in [0.2, 0.25) is 0 Å². The summed E-state index contributed by atoms with van der Waals surface area (Å²) < 4.78 is 27.0. The first-order chi connectivity index (χ1) is 8.65. The van der Waals surface area contributed by atoms with Crippen LogP contribution < -0.4 is 5.32 Å². The quantitative estimate of drug-likeness (QED) is 0.881. The van der Waals surface area contributed by atoms with Gasteiger partial charge in [0.05, 0.1) is 16.6 Å². The minimum absolute atomic E-state index is 0. The summed E-state index contributed by atoms with van der Waals surface area (Å²) in [5.41, 5.74) is -0.0492. The largest absolute Gasteiger partial charge is 0.506 e. The molecule has 1 aromatic rings. The van der Waals surface area contributed by atoms with Gasteiger partial charge >= 0.3 is 0 Å². The second-order valence-corrected chi connectivity index (χ2v) is 4.65. The standard InChI is InChI=1S/C12H15ClF2N2O.2ClH/c13-8-1-2-9(15)11(12(8)18)10(7-14)17-5-3-16-4-6-17;;/h1-2,10,16,18H,3-7H2;2*1H/t10-;;/m0../s1. The van der Waals surface area contributed by atoms with Crippen LogP contribution in [0, 0.1) is 5.82 Å². The number of phenolic OH excluding ortho intramolecular Hbond substituents is 1. The van der Waals surface area contributed by atoms with Crippen molar-refractivity contribution in [1.29, 1.82) is 0 Å². The molecular formula is C12H17Cl3F2N2O. The van der Waals surface area contributed by atoms with Crippen LogP contribution in [0.1, 0.15) is 11.6 Å². The molecule has 8 heteroatoms. The summed E-state index contributed by atoms with van der Waals surface area (Å²) in [5.74, 6) is -0.990. The maximum Gasteiger partial charge on any atom is 0.141 e. The van der Waals surface area contributed by atoms with Crippen LogP contribution in [-0.4, -0.2) is 42.9 Å². The molecule has 1 aliphatic heterocycles. The number of alkyl halides is 1. The topological polar surface area (TPSA) is 35.5 Å². The fraction of sp³-hybridized carbons (Fsp3) is 0.500. The molecule has 0 spiro atoms. The van der Waals surface area contributed by atoms with E-state index in [0.29, 0.717) is 13.1 Å². The van der Waals surface area contributed by atoms with E-state index in [4.69, 9.17) is 11.6 Å². The third-order valence-electron chi connectivity index (χ3n) is 3.19.